The van der Waals surface area contributed by atoms with Crippen LogP contribution in [0.5, 0.6) is 0 Å². The molecule has 1 saturated heterocycles. The zero-order chi connectivity index (χ0) is 18.4. The lowest BCUT2D eigenvalue weighted by Crippen LogP contribution is -2.46. The summed E-state index contributed by atoms with van der Waals surface area (Å²) in [6.45, 7) is 3.40. The van der Waals surface area contributed by atoms with Crippen molar-refractivity contribution in [2.24, 2.45) is 0 Å². The van der Waals surface area contributed by atoms with Crippen LogP contribution >= 0.6 is 0 Å². The van der Waals surface area contributed by atoms with Crippen LogP contribution in [0, 0.1) is 6.92 Å². The van der Waals surface area contributed by atoms with Crippen LogP contribution in [-0.2, 0) is 11.2 Å². The minimum Gasteiger partial charge on any atom is -0.353 e. The first-order valence-electron chi connectivity index (χ1n) is 9.16. The molecule has 0 aliphatic carbocycles. The summed E-state index contributed by atoms with van der Waals surface area (Å²) < 4.78 is 0. The van der Waals surface area contributed by atoms with E-state index in [1.807, 2.05) is 4.90 Å². The Bertz CT molecular complexity index is 736. The number of pyridine rings is 1. The number of amides is 2. The van der Waals surface area contributed by atoms with Gasteiger partial charge in [0, 0.05) is 43.5 Å². The van der Waals surface area contributed by atoms with Gasteiger partial charge in [0.1, 0.15) is 0 Å². The van der Waals surface area contributed by atoms with Crippen molar-refractivity contribution in [3.63, 3.8) is 0 Å². The number of aryl methyl sites for hydroxylation is 2. The summed E-state index contributed by atoms with van der Waals surface area (Å²) in [5.41, 5.74) is 3.08. The zero-order valence-electron chi connectivity index (χ0n) is 15.1. The molecule has 2 amide bonds. The Hall–Kier alpha value is -2.69. The fourth-order valence-corrected chi connectivity index (χ4v) is 3.22. The molecule has 136 valence electrons. The van der Waals surface area contributed by atoms with Crippen LogP contribution in [0.3, 0.4) is 0 Å². The van der Waals surface area contributed by atoms with E-state index in [4.69, 9.17) is 0 Å². The van der Waals surface area contributed by atoms with Crippen molar-refractivity contribution >= 4 is 11.8 Å². The van der Waals surface area contributed by atoms with E-state index in [0.29, 0.717) is 25.1 Å². The fraction of sp³-hybridized carbons (Fsp3) is 0.381. The third kappa shape index (κ3) is 4.91. The highest BCUT2D eigenvalue weighted by atomic mass is 16.2. The van der Waals surface area contributed by atoms with E-state index in [9.17, 15) is 9.59 Å². The summed E-state index contributed by atoms with van der Waals surface area (Å²) in [5, 5.41) is 3.11. The molecular formula is C21H25N3O2. The number of hydrogen-bond donors (Lipinski definition) is 1. The predicted molar refractivity (Wildman–Crippen MR) is 101 cm³/mol. The van der Waals surface area contributed by atoms with Crippen LogP contribution in [0.4, 0.5) is 0 Å². The second-order valence-electron chi connectivity index (χ2n) is 6.86. The van der Waals surface area contributed by atoms with Gasteiger partial charge in [0.05, 0.1) is 0 Å². The molecule has 1 aliphatic rings. The SMILES string of the molecule is Cc1ccc(CCC(=O)NC2CCN(C(=O)c3ccncc3)CC2)cc1. The van der Waals surface area contributed by atoms with Crippen molar-refractivity contribution in [3.05, 3.63) is 65.5 Å². The quantitative estimate of drug-likeness (QED) is 0.901. The molecule has 2 heterocycles. The number of nitrogens with zero attached hydrogens (tertiary/aromatic N) is 2. The summed E-state index contributed by atoms with van der Waals surface area (Å²) in [6.07, 6.45) is 6.12. The summed E-state index contributed by atoms with van der Waals surface area (Å²) in [5.74, 6) is 0.126. The summed E-state index contributed by atoms with van der Waals surface area (Å²) in [7, 11) is 0. The van der Waals surface area contributed by atoms with Gasteiger partial charge in [0.15, 0.2) is 0 Å². The molecule has 0 saturated carbocycles. The van der Waals surface area contributed by atoms with Crippen molar-refractivity contribution in [1.82, 2.24) is 15.2 Å². The number of piperidine rings is 1. The number of aromatic nitrogens is 1. The van der Waals surface area contributed by atoms with Gasteiger partial charge >= 0.3 is 0 Å². The highest BCUT2D eigenvalue weighted by Gasteiger charge is 2.24. The second-order valence-corrected chi connectivity index (χ2v) is 6.86. The number of rotatable bonds is 5. The molecule has 1 N–H and O–H groups in total. The van der Waals surface area contributed by atoms with E-state index in [-0.39, 0.29) is 17.9 Å². The fourth-order valence-electron chi connectivity index (χ4n) is 3.22. The van der Waals surface area contributed by atoms with Gasteiger partial charge in [-0.05, 0) is 43.9 Å². The number of nitrogens with one attached hydrogen (secondary N) is 1. The van der Waals surface area contributed by atoms with Gasteiger partial charge in [0.2, 0.25) is 5.91 Å². The smallest absolute Gasteiger partial charge is 0.253 e. The van der Waals surface area contributed by atoms with Crippen LogP contribution in [0.25, 0.3) is 0 Å². The topological polar surface area (TPSA) is 62.3 Å². The van der Waals surface area contributed by atoms with Crippen molar-refractivity contribution < 1.29 is 9.59 Å². The van der Waals surface area contributed by atoms with Crippen LogP contribution in [-0.4, -0.2) is 40.8 Å². The zero-order valence-corrected chi connectivity index (χ0v) is 15.1. The molecule has 1 fully saturated rings. The first-order chi connectivity index (χ1) is 12.6. The van der Waals surface area contributed by atoms with E-state index in [0.717, 1.165) is 19.3 Å². The Balaban J connectivity index is 1.41. The van der Waals surface area contributed by atoms with Gasteiger partial charge in [-0.1, -0.05) is 29.8 Å². The van der Waals surface area contributed by atoms with Crippen LogP contribution < -0.4 is 5.32 Å². The number of carbonyl (C=O) groups excluding carboxylic acids is 2. The Kier molecular flexibility index (Phi) is 6.00. The average Bonchev–Trinajstić information content (AvgIpc) is 2.68. The van der Waals surface area contributed by atoms with E-state index in [2.05, 4.69) is 41.5 Å². The van der Waals surface area contributed by atoms with Crippen LogP contribution in [0.1, 0.15) is 40.7 Å². The van der Waals surface area contributed by atoms with Crippen molar-refractivity contribution in [3.8, 4) is 0 Å². The Morgan fingerprint density at radius 1 is 1.08 bits per heavy atom. The summed E-state index contributed by atoms with van der Waals surface area (Å²) in [6, 6.07) is 11.9. The van der Waals surface area contributed by atoms with E-state index >= 15 is 0 Å². The molecule has 0 bridgehead atoms. The lowest BCUT2D eigenvalue weighted by Gasteiger charge is -2.32. The summed E-state index contributed by atoms with van der Waals surface area (Å²) >= 11 is 0. The van der Waals surface area contributed by atoms with Gasteiger partial charge in [-0.3, -0.25) is 14.6 Å². The highest BCUT2D eigenvalue weighted by Crippen LogP contribution is 2.14. The molecular weight excluding hydrogens is 326 g/mol. The van der Waals surface area contributed by atoms with Gasteiger partial charge in [-0.2, -0.15) is 0 Å². The third-order valence-electron chi connectivity index (χ3n) is 4.84. The highest BCUT2D eigenvalue weighted by molar-refractivity contribution is 5.94. The van der Waals surface area contributed by atoms with E-state index in [1.165, 1.54) is 11.1 Å². The minimum atomic E-state index is 0.0385. The standard InChI is InChI=1S/C21H25N3O2/c1-16-2-4-17(5-3-16)6-7-20(25)23-19-10-14-24(15-11-19)21(26)18-8-12-22-13-9-18/h2-5,8-9,12-13,19H,6-7,10-11,14-15H2,1H3,(H,23,25). The van der Waals surface area contributed by atoms with Crippen LogP contribution in [0.2, 0.25) is 0 Å². The maximum absolute atomic E-state index is 12.4. The van der Waals surface area contributed by atoms with Crippen LogP contribution in [0.15, 0.2) is 48.8 Å². The Morgan fingerprint density at radius 3 is 2.38 bits per heavy atom. The van der Waals surface area contributed by atoms with Gasteiger partial charge in [0.25, 0.3) is 5.91 Å². The number of carbonyl (C=O) groups is 2. The lowest BCUT2D eigenvalue weighted by molar-refractivity contribution is -0.122. The monoisotopic (exact) mass is 351 g/mol. The van der Waals surface area contributed by atoms with Gasteiger partial charge in [-0.15, -0.1) is 0 Å². The maximum Gasteiger partial charge on any atom is 0.253 e. The minimum absolute atomic E-state index is 0.0385. The maximum atomic E-state index is 12.4. The molecule has 26 heavy (non-hydrogen) atoms. The first kappa shape index (κ1) is 18.1. The second kappa shape index (κ2) is 8.61. The molecule has 1 aromatic carbocycles. The lowest BCUT2D eigenvalue weighted by atomic mass is 10.0. The molecule has 0 atom stereocenters. The Labute approximate surface area is 154 Å². The molecule has 1 aromatic heterocycles. The molecule has 3 rings (SSSR count). The molecule has 0 radical (unpaired) electrons. The molecule has 0 unspecified atom stereocenters. The van der Waals surface area contributed by atoms with Crippen molar-refractivity contribution in [1.29, 1.82) is 0 Å². The molecule has 5 heteroatoms. The number of likely N-dealkylation sites (tertiary alicyclic amines) is 1. The molecule has 1 aliphatic heterocycles. The number of hydrogen-bond acceptors (Lipinski definition) is 3. The molecule has 2 aromatic rings. The van der Waals surface area contributed by atoms with E-state index < -0.39 is 0 Å². The average molecular weight is 351 g/mol. The number of benzene rings is 1. The third-order valence-corrected chi connectivity index (χ3v) is 4.84. The van der Waals surface area contributed by atoms with Crippen molar-refractivity contribution in [2.75, 3.05) is 13.1 Å². The van der Waals surface area contributed by atoms with Crippen molar-refractivity contribution in [2.45, 2.75) is 38.6 Å². The van der Waals surface area contributed by atoms with E-state index in [1.54, 1.807) is 24.5 Å². The predicted octanol–water partition coefficient (Wildman–Crippen LogP) is 2.74. The van der Waals surface area contributed by atoms with Gasteiger partial charge in [-0.25, -0.2) is 0 Å². The largest absolute Gasteiger partial charge is 0.353 e. The normalized spacial score (nSPS) is 14.9. The molecule has 5 nitrogen and oxygen atoms in total. The first-order valence-corrected chi connectivity index (χ1v) is 9.16. The van der Waals surface area contributed by atoms with Gasteiger partial charge < -0.3 is 10.2 Å². The summed E-state index contributed by atoms with van der Waals surface area (Å²) in [4.78, 5) is 30.4. The molecule has 0 spiro atoms. The Morgan fingerprint density at radius 2 is 1.73 bits per heavy atom.